The Hall–Kier alpha value is -3.50. The second kappa shape index (κ2) is 12.1. The highest BCUT2D eigenvalue weighted by molar-refractivity contribution is 8.15. The van der Waals surface area contributed by atoms with Gasteiger partial charge in [0, 0.05) is 22.7 Å². The third-order valence-electron chi connectivity index (χ3n) is 5.57. The lowest BCUT2D eigenvalue weighted by atomic mass is 10.2. The van der Waals surface area contributed by atoms with Gasteiger partial charge in [-0.3, -0.25) is 14.5 Å². The number of thioether (sulfide) groups is 1. The quantitative estimate of drug-likeness (QED) is 0.168. The number of hydrogen-bond donors (Lipinski definition) is 1. The number of benzene rings is 2. The van der Waals surface area contributed by atoms with E-state index < -0.39 is 5.25 Å². The van der Waals surface area contributed by atoms with E-state index in [0.29, 0.717) is 43.2 Å². The molecule has 1 aliphatic heterocycles. The van der Waals surface area contributed by atoms with E-state index in [1.165, 1.54) is 17.4 Å². The fraction of sp³-hybridized carbons (Fsp3) is 0.111. The van der Waals surface area contributed by atoms with Gasteiger partial charge in [0.2, 0.25) is 11.8 Å². The molecule has 4 aromatic rings. The van der Waals surface area contributed by atoms with Crippen LogP contribution in [0.2, 0.25) is 15.1 Å². The zero-order valence-corrected chi connectivity index (χ0v) is 23.1. The topological polar surface area (TPSA) is 100 Å². The Morgan fingerprint density at radius 2 is 1.87 bits per heavy atom. The molecule has 5 rings (SSSR count). The molecule has 1 aliphatic rings. The Morgan fingerprint density at radius 3 is 2.62 bits per heavy atom. The van der Waals surface area contributed by atoms with Crippen LogP contribution in [0.1, 0.15) is 17.9 Å². The Morgan fingerprint density at radius 1 is 1.05 bits per heavy atom. The molecule has 1 saturated heterocycles. The van der Waals surface area contributed by atoms with Crippen molar-refractivity contribution in [2.24, 2.45) is 10.2 Å². The van der Waals surface area contributed by atoms with Crippen molar-refractivity contribution in [3.63, 3.8) is 0 Å². The summed E-state index contributed by atoms with van der Waals surface area (Å²) < 4.78 is 11.2. The average molecular weight is 602 g/mol. The highest BCUT2D eigenvalue weighted by Crippen LogP contribution is 2.32. The first-order valence-electron chi connectivity index (χ1n) is 11.6. The van der Waals surface area contributed by atoms with Crippen molar-refractivity contribution in [2.45, 2.75) is 18.2 Å². The molecule has 12 heteroatoms. The highest BCUT2D eigenvalue weighted by Gasteiger charge is 2.39. The molecule has 2 amide bonds. The third kappa shape index (κ3) is 6.75. The summed E-state index contributed by atoms with van der Waals surface area (Å²) in [5.41, 5.74) is 1.35. The average Bonchev–Trinajstić information content (AvgIpc) is 3.66. The molecule has 2 aromatic carbocycles. The molecule has 0 saturated carbocycles. The second-order valence-electron chi connectivity index (χ2n) is 8.33. The van der Waals surface area contributed by atoms with Crippen LogP contribution in [0.5, 0.6) is 0 Å². The van der Waals surface area contributed by atoms with Gasteiger partial charge >= 0.3 is 0 Å². The monoisotopic (exact) mass is 600 g/mol. The highest BCUT2D eigenvalue weighted by atomic mass is 35.5. The van der Waals surface area contributed by atoms with Crippen LogP contribution in [-0.4, -0.2) is 33.3 Å². The Bertz CT molecular complexity index is 1550. The molecular weight excluding hydrogens is 583 g/mol. The second-order valence-corrected chi connectivity index (χ2v) is 10.7. The van der Waals surface area contributed by atoms with Crippen molar-refractivity contribution in [1.29, 1.82) is 0 Å². The molecule has 1 N–H and O–H groups in total. The molecule has 1 unspecified atom stereocenters. The number of nitrogens with one attached hydrogen (secondary N) is 1. The molecule has 198 valence electrons. The number of carbonyl (C=O) groups is 2. The van der Waals surface area contributed by atoms with E-state index in [1.807, 2.05) is 0 Å². The van der Waals surface area contributed by atoms with Gasteiger partial charge in [0.05, 0.1) is 29.1 Å². The number of rotatable bonds is 8. The van der Waals surface area contributed by atoms with Gasteiger partial charge < -0.3 is 14.2 Å². The molecule has 39 heavy (non-hydrogen) atoms. The van der Waals surface area contributed by atoms with Crippen LogP contribution in [0.4, 0.5) is 5.69 Å². The van der Waals surface area contributed by atoms with Gasteiger partial charge in [-0.2, -0.15) is 5.10 Å². The van der Waals surface area contributed by atoms with Gasteiger partial charge in [-0.05, 0) is 66.7 Å². The summed E-state index contributed by atoms with van der Waals surface area (Å²) in [6.07, 6.45) is 2.91. The molecule has 2 aromatic heterocycles. The molecule has 0 aliphatic carbocycles. The maximum absolute atomic E-state index is 13.2. The summed E-state index contributed by atoms with van der Waals surface area (Å²) >= 11 is 19.2. The molecule has 1 fully saturated rings. The van der Waals surface area contributed by atoms with Crippen LogP contribution >= 0.6 is 46.6 Å². The number of carbonyl (C=O) groups excluding carboxylic acids is 2. The zero-order chi connectivity index (χ0) is 27.4. The Labute approximate surface area is 242 Å². The fourth-order valence-electron chi connectivity index (χ4n) is 3.70. The minimum atomic E-state index is -0.675. The van der Waals surface area contributed by atoms with Crippen LogP contribution in [0, 0.1) is 0 Å². The van der Waals surface area contributed by atoms with E-state index in [-0.39, 0.29) is 24.8 Å². The van der Waals surface area contributed by atoms with Crippen LogP contribution < -0.4 is 5.32 Å². The van der Waals surface area contributed by atoms with Gasteiger partial charge in [0.1, 0.15) is 22.5 Å². The summed E-state index contributed by atoms with van der Waals surface area (Å²) in [6, 6.07) is 18.9. The molecule has 1 atom stereocenters. The van der Waals surface area contributed by atoms with Gasteiger partial charge in [-0.15, -0.1) is 5.10 Å². The molecule has 0 radical (unpaired) electrons. The van der Waals surface area contributed by atoms with Crippen LogP contribution in [0.25, 0.3) is 11.3 Å². The minimum Gasteiger partial charge on any atom is -0.467 e. The van der Waals surface area contributed by atoms with E-state index in [1.54, 1.807) is 66.7 Å². The Kier molecular flexibility index (Phi) is 8.42. The summed E-state index contributed by atoms with van der Waals surface area (Å²) in [6.45, 7) is 0.157. The predicted octanol–water partition coefficient (Wildman–Crippen LogP) is 7.36. The van der Waals surface area contributed by atoms with Crippen molar-refractivity contribution in [3.8, 4) is 11.3 Å². The van der Waals surface area contributed by atoms with Gasteiger partial charge in [0.15, 0.2) is 5.17 Å². The maximum Gasteiger partial charge on any atom is 0.243 e. The standard InChI is InChI=1S/C27H19Cl3N4O4S/c28-17-4-6-18(7-5-17)32-25(35)13-24-26(36)34(15-20-2-1-11-37-20)27(39-24)33-31-14-19-8-10-23(38-19)16-3-9-21(29)22(30)12-16/h1-12,14,24H,13,15H2,(H,32,35)/b31-14+,33-27-. The SMILES string of the molecule is O=C(CC1S/C(=N\N=C\c2ccc(-c3ccc(Cl)c(Cl)c3)o2)N(Cc2ccco2)C1=O)Nc1ccc(Cl)cc1. The number of nitrogens with zero attached hydrogens (tertiary/aromatic N) is 3. The zero-order valence-electron chi connectivity index (χ0n) is 20.0. The molecule has 0 spiro atoms. The summed E-state index contributed by atoms with van der Waals surface area (Å²) in [5.74, 6) is 1.03. The fourth-order valence-corrected chi connectivity index (χ4v) is 5.21. The van der Waals surface area contributed by atoms with Crippen LogP contribution in [0.15, 0.2) is 92.0 Å². The molecule has 3 heterocycles. The lowest BCUT2D eigenvalue weighted by Gasteiger charge is -2.14. The molecular formula is C27H19Cl3N4O4S. The molecule has 0 bridgehead atoms. The van der Waals surface area contributed by atoms with Crippen LogP contribution in [-0.2, 0) is 16.1 Å². The number of furan rings is 2. The van der Waals surface area contributed by atoms with E-state index in [9.17, 15) is 9.59 Å². The third-order valence-corrected chi connectivity index (χ3v) is 7.73. The van der Waals surface area contributed by atoms with Gasteiger partial charge in [-0.25, -0.2) is 0 Å². The number of amides is 2. The number of anilines is 1. The van der Waals surface area contributed by atoms with E-state index >= 15 is 0 Å². The van der Waals surface area contributed by atoms with E-state index in [4.69, 9.17) is 43.6 Å². The minimum absolute atomic E-state index is 0.0469. The number of hydrogen-bond acceptors (Lipinski definition) is 7. The van der Waals surface area contributed by atoms with Crippen LogP contribution in [0.3, 0.4) is 0 Å². The first kappa shape index (κ1) is 27.1. The van der Waals surface area contributed by atoms with Crippen molar-refractivity contribution in [1.82, 2.24) is 4.90 Å². The number of amidine groups is 1. The Balaban J connectivity index is 1.30. The lowest BCUT2D eigenvalue weighted by molar-refractivity contribution is -0.128. The van der Waals surface area contributed by atoms with Crippen molar-refractivity contribution in [3.05, 3.63) is 99.6 Å². The largest absolute Gasteiger partial charge is 0.467 e. The van der Waals surface area contributed by atoms with E-state index in [0.717, 1.165) is 17.3 Å². The summed E-state index contributed by atoms with van der Waals surface area (Å²) in [5, 5.41) is 12.3. The first-order valence-corrected chi connectivity index (χ1v) is 13.6. The predicted molar refractivity (Wildman–Crippen MR) is 155 cm³/mol. The summed E-state index contributed by atoms with van der Waals surface area (Å²) in [4.78, 5) is 27.3. The summed E-state index contributed by atoms with van der Waals surface area (Å²) in [7, 11) is 0. The van der Waals surface area contributed by atoms with Crippen molar-refractivity contribution < 1.29 is 18.4 Å². The normalized spacial score (nSPS) is 16.5. The van der Waals surface area contributed by atoms with Crippen molar-refractivity contribution >= 4 is 75.4 Å². The maximum atomic E-state index is 13.2. The smallest absolute Gasteiger partial charge is 0.243 e. The number of halogens is 3. The lowest BCUT2D eigenvalue weighted by Crippen LogP contribution is -2.33. The van der Waals surface area contributed by atoms with E-state index in [2.05, 4.69) is 15.5 Å². The van der Waals surface area contributed by atoms with Gasteiger partial charge in [-0.1, -0.05) is 46.6 Å². The first-order chi connectivity index (χ1) is 18.9. The molecule has 8 nitrogen and oxygen atoms in total. The van der Waals surface area contributed by atoms with Crippen molar-refractivity contribution in [2.75, 3.05) is 5.32 Å². The van der Waals surface area contributed by atoms with Gasteiger partial charge in [0.25, 0.3) is 0 Å².